The summed E-state index contributed by atoms with van der Waals surface area (Å²) in [6.07, 6.45) is 2.74. The van der Waals surface area contributed by atoms with Gasteiger partial charge in [-0.25, -0.2) is 0 Å². The lowest BCUT2D eigenvalue weighted by atomic mass is 9.95. The average Bonchev–Trinajstić information content (AvgIpc) is 2.73. The quantitative estimate of drug-likeness (QED) is 0.888. The van der Waals surface area contributed by atoms with Crippen LogP contribution in [0.25, 0.3) is 0 Å². The first-order valence-electron chi connectivity index (χ1n) is 6.55. The lowest BCUT2D eigenvalue weighted by Crippen LogP contribution is -2.40. The number of hydrogen-bond donors (Lipinski definition) is 1. The molecular formula is C14H23NOS. The van der Waals surface area contributed by atoms with Gasteiger partial charge in [-0.2, -0.15) is 0 Å². The van der Waals surface area contributed by atoms with Crippen molar-refractivity contribution in [1.29, 1.82) is 0 Å². The van der Waals surface area contributed by atoms with Gasteiger partial charge in [0.2, 0.25) is 0 Å². The van der Waals surface area contributed by atoms with Crippen molar-refractivity contribution in [3.8, 4) is 0 Å². The second-order valence-electron chi connectivity index (χ2n) is 5.27. The smallest absolute Gasteiger partial charge is 0.0612 e. The topological polar surface area (TPSA) is 21.3 Å². The van der Waals surface area contributed by atoms with Crippen LogP contribution in [0.2, 0.25) is 0 Å². The van der Waals surface area contributed by atoms with Crippen molar-refractivity contribution in [2.45, 2.75) is 52.3 Å². The van der Waals surface area contributed by atoms with Gasteiger partial charge >= 0.3 is 0 Å². The summed E-state index contributed by atoms with van der Waals surface area (Å²) >= 11 is 1.89. The molecule has 1 aliphatic heterocycles. The van der Waals surface area contributed by atoms with E-state index in [4.69, 9.17) is 4.74 Å². The second kappa shape index (κ2) is 5.98. The van der Waals surface area contributed by atoms with Gasteiger partial charge in [0, 0.05) is 28.9 Å². The molecule has 0 amide bonds. The van der Waals surface area contributed by atoms with Gasteiger partial charge in [-0.1, -0.05) is 13.8 Å². The highest BCUT2D eigenvalue weighted by atomic mass is 32.1. The van der Waals surface area contributed by atoms with E-state index in [9.17, 15) is 0 Å². The molecule has 0 aromatic carbocycles. The fourth-order valence-electron chi connectivity index (χ4n) is 2.30. The molecule has 0 aliphatic carbocycles. The van der Waals surface area contributed by atoms with E-state index in [0.29, 0.717) is 18.1 Å². The van der Waals surface area contributed by atoms with Gasteiger partial charge in [0.15, 0.2) is 0 Å². The van der Waals surface area contributed by atoms with E-state index in [-0.39, 0.29) is 0 Å². The maximum atomic E-state index is 5.79. The molecule has 17 heavy (non-hydrogen) atoms. The lowest BCUT2D eigenvalue weighted by Gasteiger charge is -2.32. The molecular weight excluding hydrogens is 230 g/mol. The minimum absolute atomic E-state index is 0.436. The van der Waals surface area contributed by atoms with Crippen molar-refractivity contribution in [2.75, 3.05) is 6.61 Å². The Hall–Kier alpha value is -0.380. The van der Waals surface area contributed by atoms with Gasteiger partial charge in [0.25, 0.3) is 0 Å². The molecule has 1 saturated heterocycles. The van der Waals surface area contributed by atoms with Gasteiger partial charge < -0.3 is 10.1 Å². The average molecular weight is 253 g/mol. The van der Waals surface area contributed by atoms with E-state index < -0.39 is 0 Å². The molecule has 1 fully saturated rings. The first-order valence-corrected chi connectivity index (χ1v) is 7.37. The highest BCUT2D eigenvalue weighted by Gasteiger charge is 2.24. The summed E-state index contributed by atoms with van der Waals surface area (Å²) in [7, 11) is 0. The SMILES string of the molecule is Cc1ccc(CNC2CCOC(C(C)C)C2)s1. The summed E-state index contributed by atoms with van der Waals surface area (Å²) in [6, 6.07) is 5.05. The molecule has 0 spiro atoms. The minimum Gasteiger partial charge on any atom is -0.378 e. The highest BCUT2D eigenvalue weighted by molar-refractivity contribution is 7.11. The fourth-order valence-corrected chi connectivity index (χ4v) is 3.14. The largest absolute Gasteiger partial charge is 0.378 e. The number of hydrogen-bond acceptors (Lipinski definition) is 3. The molecule has 2 heterocycles. The van der Waals surface area contributed by atoms with Crippen molar-refractivity contribution in [3.63, 3.8) is 0 Å². The van der Waals surface area contributed by atoms with Gasteiger partial charge in [-0.3, -0.25) is 0 Å². The molecule has 0 bridgehead atoms. The maximum absolute atomic E-state index is 5.79. The van der Waals surface area contributed by atoms with E-state index in [1.165, 1.54) is 9.75 Å². The second-order valence-corrected chi connectivity index (χ2v) is 6.64. The van der Waals surface area contributed by atoms with Crippen LogP contribution in [0.4, 0.5) is 0 Å². The molecule has 0 saturated carbocycles. The number of aryl methyl sites for hydroxylation is 1. The molecule has 96 valence electrons. The zero-order chi connectivity index (χ0) is 12.3. The van der Waals surface area contributed by atoms with Crippen molar-refractivity contribution in [3.05, 3.63) is 21.9 Å². The molecule has 1 aliphatic rings. The first-order chi connectivity index (χ1) is 8.15. The summed E-state index contributed by atoms with van der Waals surface area (Å²) in [5.41, 5.74) is 0. The Labute approximate surface area is 108 Å². The van der Waals surface area contributed by atoms with Gasteiger partial charge in [0.05, 0.1) is 6.10 Å². The number of thiophene rings is 1. The molecule has 1 aromatic rings. The Morgan fingerprint density at radius 1 is 1.47 bits per heavy atom. The van der Waals surface area contributed by atoms with Gasteiger partial charge in [-0.05, 0) is 37.8 Å². The van der Waals surface area contributed by atoms with Crippen LogP contribution < -0.4 is 5.32 Å². The standard InChI is InChI=1S/C14H23NOS/c1-10(2)14-8-12(6-7-16-14)15-9-13-5-4-11(3)17-13/h4-5,10,12,14-15H,6-9H2,1-3H3. The van der Waals surface area contributed by atoms with Gasteiger partial charge in [-0.15, -0.1) is 11.3 Å². The predicted octanol–water partition coefficient (Wildman–Crippen LogP) is 3.35. The molecule has 2 unspecified atom stereocenters. The van der Waals surface area contributed by atoms with Crippen molar-refractivity contribution in [1.82, 2.24) is 5.32 Å². The van der Waals surface area contributed by atoms with E-state index in [0.717, 1.165) is 26.0 Å². The Morgan fingerprint density at radius 2 is 2.29 bits per heavy atom. The van der Waals surface area contributed by atoms with Crippen LogP contribution in [0.5, 0.6) is 0 Å². The van der Waals surface area contributed by atoms with E-state index in [2.05, 4.69) is 38.2 Å². The molecule has 2 atom stereocenters. The van der Waals surface area contributed by atoms with Crippen LogP contribution in [0.3, 0.4) is 0 Å². The van der Waals surface area contributed by atoms with Gasteiger partial charge in [0.1, 0.15) is 0 Å². The van der Waals surface area contributed by atoms with Crippen LogP contribution in [0, 0.1) is 12.8 Å². The van der Waals surface area contributed by atoms with E-state index >= 15 is 0 Å². The van der Waals surface area contributed by atoms with Crippen LogP contribution in [-0.4, -0.2) is 18.8 Å². The number of nitrogens with one attached hydrogen (secondary N) is 1. The monoisotopic (exact) mass is 253 g/mol. The third-order valence-corrected chi connectivity index (χ3v) is 4.42. The van der Waals surface area contributed by atoms with Crippen LogP contribution in [0.15, 0.2) is 12.1 Å². The van der Waals surface area contributed by atoms with Crippen LogP contribution in [-0.2, 0) is 11.3 Å². The fraction of sp³-hybridized carbons (Fsp3) is 0.714. The molecule has 2 nitrogen and oxygen atoms in total. The minimum atomic E-state index is 0.436. The molecule has 1 N–H and O–H groups in total. The number of rotatable bonds is 4. The third kappa shape index (κ3) is 3.80. The predicted molar refractivity (Wildman–Crippen MR) is 73.5 cm³/mol. The van der Waals surface area contributed by atoms with Crippen LogP contribution in [0.1, 0.15) is 36.4 Å². The third-order valence-electron chi connectivity index (χ3n) is 3.42. The zero-order valence-corrected chi connectivity index (χ0v) is 11.8. The van der Waals surface area contributed by atoms with Crippen LogP contribution >= 0.6 is 11.3 Å². The Morgan fingerprint density at radius 3 is 2.94 bits per heavy atom. The maximum Gasteiger partial charge on any atom is 0.0612 e. The summed E-state index contributed by atoms with van der Waals surface area (Å²) in [4.78, 5) is 2.84. The van der Waals surface area contributed by atoms with Crippen molar-refractivity contribution >= 4 is 11.3 Å². The summed E-state index contributed by atoms with van der Waals surface area (Å²) < 4.78 is 5.79. The molecule has 3 heteroatoms. The first kappa shape index (κ1) is 13.1. The Balaban J connectivity index is 1.79. The summed E-state index contributed by atoms with van der Waals surface area (Å²) in [6.45, 7) is 8.57. The Bertz CT molecular complexity index is 348. The highest BCUT2D eigenvalue weighted by Crippen LogP contribution is 2.21. The van der Waals surface area contributed by atoms with Crippen molar-refractivity contribution < 1.29 is 4.74 Å². The zero-order valence-electron chi connectivity index (χ0n) is 11.0. The normalized spacial score (nSPS) is 25.4. The summed E-state index contributed by atoms with van der Waals surface area (Å²) in [5, 5.41) is 3.67. The molecule has 1 aromatic heterocycles. The van der Waals surface area contributed by atoms with Crippen molar-refractivity contribution in [2.24, 2.45) is 5.92 Å². The lowest BCUT2D eigenvalue weighted by molar-refractivity contribution is -0.0245. The summed E-state index contributed by atoms with van der Waals surface area (Å²) in [5.74, 6) is 0.628. The molecule has 2 rings (SSSR count). The van der Waals surface area contributed by atoms with E-state index in [1.54, 1.807) is 0 Å². The number of ether oxygens (including phenoxy) is 1. The molecule has 0 radical (unpaired) electrons. The Kier molecular flexibility index (Phi) is 4.60. The van der Waals surface area contributed by atoms with E-state index in [1.807, 2.05) is 11.3 Å².